The number of aryl methyl sites for hydroxylation is 1. The Morgan fingerprint density at radius 1 is 1.19 bits per heavy atom. The van der Waals surface area contributed by atoms with E-state index in [1.165, 1.54) is 16.0 Å². The largest absolute Gasteiger partial charge is 0.490 e. The highest BCUT2D eigenvalue weighted by Crippen LogP contribution is 2.47. The SMILES string of the molecule is CO[C@H]1/C=C/C[C@H](C)C(NC(=O)N2CC(O)C2)[S-](=O)=NC(=O)c2ccc3c(c2)N(C[C@@H]2CC[C@H]21)C[C@@]1(CCCc2cc(Cl)ccc21)CO3. The summed E-state index contributed by atoms with van der Waals surface area (Å²) in [5, 5.41) is 12.4. The van der Waals surface area contributed by atoms with Crippen molar-refractivity contribution in [2.75, 3.05) is 44.8 Å². The van der Waals surface area contributed by atoms with Crippen LogP contribution in [0.5, 0.6) is 5.75 Å². The number of hydrogen-bond acceptors (Lipinski definition) is 8. The molecule has 258 valence electrons. The van der Waals surface area contributed by atoms with Crippen LogP contribution in [0.4, 0.5) is 10.5 Å². The van der Waals surface area contributed by atoms with E-state index in [4.69, 9.17) is 21.1 Å². The van der Waals surface area contributed by atoms with E-state index in [0.29, 0.717) is 36.2 Å². The normalized spacial score (nSPS) is 31.7. The van der Waals surface area contributed by atoms with E-state index in [1.807, 2.05) is 31.2 Å². The third-order valence-electron chi connectivity index (χ3n) is 11.1. The van der Waals surface area contributed by atoms with Crippen LogP contribution < -0.4 is 15.0 Å². The van der Waals surface area contributed by atoms with Crippen LogP contribution in [0.1, 0.15) is 60.5 Å². The number of nitrogens with one attached hydrogen (secondary N) is 1. The van der Waals surface area contributed by atoms with Gasteiger partial charge in [-0.15, -0.1) is 0 Å². The van der Waals surface area contributed by atoms with Crippen molar-refractivity contribution in [3.8, 4) is 5.75 Å². The summed E-state index contributed by atoms with van der Waals surface area (Å²) >= 11 is 6.43. The number of carbonyl (C=O) groups excluding carboxylic acids is 2. The fraction of sp³-hybridized carbons (Fsp3) is 0.556. The minimum absolute atomic E-state index is 0.0863. The minimum atomic E-state index is -2.06. The molecule has 2 N–H and O–H groups in total. The van der Waals surface area contributed by atoms with E-state index in [9.17, 15) is 18.9 Å². The van der Waals surface area contributed by atoms with Gasteiger partial charge >= 0.3 is 6.03 Å². The summed E-state index contributed by atoms with van der Waals surface area (Å²) in [6.07, 6.45) is 9.10. The average molecular weight is 696 g/mol. The zero-order chi connectivity index (χ0) is 33.6. The number of methoxy groups -OCH3 is 1. The Morgan fingerprint density at radius 2 is 2.02 bits per heavy atom. The zero-order valence-electron chi connectivity index (χ0n) is 27.5. The number of nitrogens with zero attached hydrogens (tertiary/aromatic N) is 3. The molecule has 10 nitrogen and oxygen atoms in total. The number of benzene rings is 2. The lowest BCUT2D eigenvalue weighted by atomic mass is 9.68. The number of hydrogen-bond donors (Lipinski definition) is 2. The first-order valence-electron chi connectivity index (χ1n) is 17.0. The maximum atomic E-state index is 13.7. The van der Waals surface area contributed by atoms with Crippen molar-refractivity contribution in [3.05, 3.63) is 70.3 Å². The van der Waals surface area contributed by atoms with Crippen molar-refractivity contribution >= 4 is 39.8 Å². The van der Waals surface area contributed by atoms with Crippen molar-refractivity contribution in [3.63, 3.8) is 0 Å². The monoisotopic (exact) mass is 695 g/mol. The maximum absolute atomic E-state index is 13.7. The molecule has 2 aromatic rings. The summed E-state index contributed by atoms with van der Waals surface area (Å²) in [6.45, 7) is 4.33. The van der Waals surface area contributed by atoms with Gasteiger partial charge in [-0.2, -0.15) is 10.6 Å². The smallest absolute Gasteiger partial charge is 0.316 e. The second-order valence-electron chi connectivity index (χ2n) is 14.2. The molecule has 6 atom stereocenters. The van der Waals surface area contributed by atoms with Crippen LogP contribution in [-0.2, 0) is 31.4 Å². The molecule has 3 heterocycles. The molecule has 0 aromatic heterocycles. The summed E-state index contributed by atoms with van der Waals surface area (Å²) in [6, 6.07) is 11.1. The van der Waals surface area contributed by atoms with Gasteiger partial charge in [0.25, 0.3) is 5.91 Å². The molecule has 7 rings (SSSR count). The molecule has 12 heteroatoms. The van der Waals surface area contributed by atoms with Gasteiger partial charge in [0.05, 0.1) is 37.6 Å². The average Bonchev–Trinajstić information content (AvgIpc) is 3.19. The van der Waals surface area contributed by atoms with E-state index in [1.54, 1.807) is 13.2 Å². The van der Waals surface area contributed by atoms with Crippen molar-refractivity contribution in [2.24, 2.45) is 22.1 Å². The van der Waals surface area contributed by atoms with Crippen LogP contribution in [0, 0.1) is 17.8 Å². The van der Waals surface area contributed by atoms with Gasteiger partial charge in [-0.05, 0) is 103 Å². The van der Waals surface area contributed by atoms with Crippen molar-refractivity contribution < 1.29 is 28.4 Å². The Morgan fingerprint density at radius 3 is 2.77 bits per heavy atom. The van der Waals surface area contributed by atoms with Gasteiger partial charge in [-0.25, -0.2) is 4.79 Å². The van der Waals surface area contributed by atoms with Crippen molar-refractivity contribution in [1.29, 1.82) is 0 Å². The second kappa shape index (κ2) is 13.7. The van der Waals surface area contributed by atoms with E-state index in [-0.39, 0.29) is 30.5 Å². The Hall–Kier alpha value is -3.12. The van der Waals surface area contributed by atoms with Gasteiger partial charge in [0, 0.05) is 36.2 Å². The number of allylic oxidation sites excluding steroid dienone is 1. The number of carbonyl (C=O) groups is 2. The van der Waals surface area contributed by atoms with Gasteiger partial charge in [0.2, 0.25) is 0 Å². The fourth-order valence-corrected chi connectivity index (χ4v) is 9.44. The minimum Gasteiger partial charge on any atom is -0.490 e. The summed E-state index contributed by atoms with van der Waals surface area (Å²) in [5.41, 5.74) is 3.44. The van der Waals surface area contributed by atoms with Crippen LogP contribution in [-0.4, -0.2) is 79.4 Å². The Kier molecular flexibility index (Phi) is 9.49. The lowest BCUT2D eigenvalue weighted by molar-refractivity contribution is 0.0131. The molecular weight excluding hydrogens is 652 g/mol. The van der Waals surface area contributed by atoms with E-state index in [2.05, 4.69) is 32.8 Å². The summed E-state index contributed by atoms with van der Waals surface area (Å²) in [4.78, 5) is 30.4. The van der Waals surface area contributed by atoms with Crippen molar-refractivity contribution in [2.45, 2.75) is 68.4 Å². The number of aliphatic hydroxyl groups is 1. The van der Waals surface area contributed by atoms with Gasteiger partial charge < -0.3 is 38.3 Å². The highest BCUT2D eigenvalue weighted by atomic mass is 35.5. The number of rotatable bonds is 2. The molecule has 2 fully saturated rings. The number of amides is 3. The van der Waals surface area contributed by atoms with Crippen LogP contribution in [0.3, 0.4) is 0 Å². The predicted molar refractivity (Wildman–Crippen MR) is 185 cm³/mol. The molecule has 1 saturated heterocycles. The second-order valence-corrected chi connectivity index (χ2v) is 15.9. The third kappa shape index (κ3) is 6.46. The number of halogens is 1. The molecule has 0 radical (unpaired) electrons. The Labute approximate surface area is 289 Å². The maximum Gasteiger partial charge on any atom is 0.316 e. The van der Waals surface area contributed by atoms with E-state index in [0.717, 1.165) is 55.9 Å². The number of anilines is 1. The number of likely N-dealkylation sites (tertiary alicyclic amines) is 1. The predicted octanol–water partition coefficient (Wildman–Crippen LogP) is 5.45. The molecule has 1 unspecified atom stereocenters. The first-order valence-corrected chi connectivity index (χ1v) is 18.6. The topological polar surface area (TPSA) is 121 Å². The molecular formula is C36H44ClN4O6S-. The summed E-state index contributed by atoms with van der Waals surface area (Å²) < 4.78 is 30.5. The summed E-state index contributed by atoms with van der Waals surface area (Å²) in [7, 11) is -0.317. The van der Waals surface area contributed by atoms with Crippen LogP contribution in [0.25, 0.3) is 0 Å². The molecule has 48 heavy (non-hydrogen) atoms. The highest BCUT2D eigenvalue weighted by Gasteiger charge is 2.44. The number of aliphatic hydroxyl groups excluding tert-OH is 1. The Bertz CT molecular complexity index is 1690. The molecule has 3 amide bonds. The quantitative estimate of drug-likeness (QED) is 0.317. The third-order valence-corrected chi connectivity index (χ3v) is 12.7. The van der Waals surface area contributed by atoms with Crippen molar-refractivity contribution in [1.82, 2.24) is 10.2 Å². The lowest BCUT2D eigenvalue weighted by Crippen LogP contribution is -2.58. The molecule has 1 saturated carbocycles. The first-order chi connectivity index (χ1) is 23.1. The molecule has 1 spiro atoms. The Balaban J connectivity index is 1.27. The molecule has 3 aliphatic heterocycles. The molecule has 2 bridgehead atoms. The molecule has 2 aromatic carbocycles. The lowest BCUT2D eigenvalue weighted by Gasteiger charge is -2.46. The van der Waals surface area contributed by atoms with Gasteiger partial charge in [0.1, 0.15) is 5.75 Å². The standard InChI is InChI=1S/C36H44ClN4O6S/c1-22-5-3-7-31(46-2)28-11-8-25(28)17-41-20-36(14-4-6-23-15-26(37)10-12-29(23)36)21-47-32-13-9-24(16-30(32)41)33(43)39-48(45)34(22)38-35(44)40-18-27(42)19-40/h3,7,9-10,12-13,15-16,22,25,27-28,31,34,42H,4-6,8,11,14,17-21H2,1-2H3,(H,38,44)/q-1/b7-3+/t22-,25-,28+,31-,34?,36-/m0/s1. The number of urea groups is 1. The van der Waals surface area contributed by atoms with Gasteiger partial charge in [-0.1, -0.05) is 36.7 Å². The summed E-state index contributed by atoms with van der Waals surface area (Å²) in [5.74, 6) is 0.495. The van der Waals surface area contributed by atoms with Gasteiger partial charge in [-0.3, -0.25) is 4.79 Å². The fourth-order valence-electron chi connectivity index (χ4n) is 8.15. The van der Waals surface area contributed by atoms with E-state index >= 15 is 0 Å². The first kappa shape index (κ1) is 33.4. The van der Waals surface area contributed by atoms with Crippen LogP contribution in [0.15, 0.2) is 52.9 Å². The number of β-amino-alcohol motifs (C(OH)–C–C–N with tert-alkyl or cyclic N) is 1. The van der Waals surface area contributed by atoms with E-state index < -0.39 is 34.0 Å². The number of ether oxygens (including phenoxy) is 2. The highest BCUT2D eigenvalue weighted by molar-refractivity contribution is 7.75. The van der Waals surface area contributed by atoms with Gasteiger partial charge in [0.15, 0.2) is 0 Å². The zero-order valence-corrected chi connectivity index (χ0v) is 29.0. The van der Waals surface area contributed by atoms with Crippen LogP contribution >= 0.6 is 11.6 Å². The van der Waals surface area contributed by atoms with Crippen LogP contribution in [0.2, 0.25) is 5.02 Å². The number of fused-ring (bicyclic) bond motifs is 4. The molecule has 2 aliphatic carbocycles. The molecule has 5 aliphatic rings.